The lowest BCUT2D eigenvalue weighted by atomic mass is 10.1. The van der Waals surface area contributed by atoms with Crippen molar-refractivity contribution in [3.63, 3.8) is 0 Å². The number of carbonyl (C=O) groups is 2. The van der Waals surface area contributed by atoms with Gasteiger partial charge in [0.15, 0.2) is 6.10 Å². The van der Waals surface area contributed by atoms with Crippen molar-refractivity contribution >= 4 is 19.8 Å². The molecule has 0 aliphatic carbocycles. The van der Waals surface area contributed by atoms with E-state index < -0.39 is 51.8 Å². The first-order chi connectivity index (χ1) is 24.7. The van der Waals surface area contributed by atoms with E-state index in [1.54, 1.807) is 0 Å². The molecule has 0 saturated carbocycles. The number of phosphoric acid groups is 1. The summed E-state index contributed by atoms with van der Waals surface area (Å²) in [5.41, 5.74) is 0. The van der Waals surface area contributed by atoms with Gasteiger partial charge in [0.2, 0.25) is 0 Å². The molecular weight excluding hydrogens is 671 g/mol. The van der Waals surface area contributed by atoms with Crippen LogP contribution in [0, 0.1) is 0 Å². The van der Waals surface area contributed by atoms with Gasteiger partial charge in [-0.2, -0.15) is 0 Å². The van der Waals surface area contributed by atoms with E-state index in [1.165, 1.54) is 89.9 Å². The Balaban J connectivity index is 4.37. The van der Waals surface area contributed by atoms with Crippen molar-refractivity contribution in [3.05, 3.63) is 24.3 Å². The highest BCUT2D eigenvalue weighted by Gasteiger charge is 2.27. The Kier molecular flexibility index (Phi) is 35.7. The molecule has 11 heteroatoms. The molecule has 0 rings (SSSR count). The highest BCUT2D eigenvalue weighted by atomic mass is 31.2. The molecule has 0 aliphatic heterocycles. The second kappa shape index (κ2) is 36.8. The molecule has 0 radical (unpaired) electrons. The summed E-state index contributed by atoms with van der Waals surface area (Å²) in [6, 6.07) is 0. The highest BCUT2D eigenvalue weighted by Crippen LogP contribution is 2.43. The second-order valence-electron chi connectivity index (χ2n) is 13.7. The fourth-order valence-corrected chi connectivity index (χ4v) is 6.18. The standard InChI is InChI=1S/C40H75O10P/c1-3-5-7-9-11-13-15-17-18-20-21-23-25-27-29-31-39(43)47-35-38(36-49-51(45,46)48-34-37(42)33-41)50-40(44)32-30-28-26-24-22-19-16-14-12-10-8-6-4-2/h18,20,22,24,37-38,41-42H,3-17,19,21,23,25-36H2,1-2H3,(H,45,46)/b20-18+,24-22+/t37-,38+/m1/s1. The number of unbranched alkanes of at least 4 members (excludes halogenated alkanes) is 20. The summed E-state index contributed by atoms with van der Waals surface area (Å²) in [6.07, 6.45) is 34.3. The topological polar surface area (TPSA) is 149 Å². The number of hydrogen-bond acceptors (Lipinski definition) is 9. The smallest absolute Gasteiger partial charge is 0.462 e. The number of aliphatic hydroxyl groups excluding tert-OH is 2. The Bertz CT molecular complexity index is 910. The van der Waals surface area contributed by atoms with Gasteiger partial charge < -0.3 is 24.6 Å². The Hall–Kier alpha value is -1.55. The Labute approximate surface area is 310 Å². The van der Waals surface area contributed by atoms with E-state index in [-0.39, 0.29) is 19.4 Å². The predicted octanol–water partition coefficient (Wildman–Crippen LogP) is 10.2. The van der Waals surface area contributed by atoms with Crippen LogP contribution >= 0.6 is 7.82 Å². The molecular formula is C40H75O10P. The van der Waals surface area contributed by atoms with Crippen LogP contribution in [0.15, 0.2) is 24.3 Å². The number of hydrogen-bond donors (Lipinski definition) is 3. The van der Waals surface area contributed by atoms with E-state index in [0.29, 0.717) is 12.8 Å². The quantitative estimate of drug-likeness (QED) is 0.0241. The average Bonchev–Trinajstić information content (AvgIpc) is 3.12. The van der Waals surface area contributed by atoms with Crippen molar-refractivity contribution in [3.8, 4) is 0 Å². The number of ether oxygens (including phenoxy) is 2. The molecule has 0 aromatic heterocycles. The van der Waals surface area contributed by atoms with Gasteiger partial charge in [-0.05, 0) is 64.2 Å². The van der Waals surface area contributed by atoms with Gasteiger partial charge in [-0.1, -0.05) is 128 Å². The summed E-state index contributed by atoms with van der Waals surface area (Å²) in [4.78, 5) is 34.8. The van der Waals surface area contributed by atoms with Gasteiger partial charge in [0, 0.05) is 12.8 Å². The maximum Gasteiger partial charge on any atom is 0.472 e. The van der Waals surface area contributed by atoms with E-state index in [2.05, 4.69) is 42.7 Å². The van der Waals surface area contributed by atoms with Crippen molar-refractivity contribution in [2.24, 2.45) is 0 Å². The van der Waals surface area contributed by atoms with Gasteiger partial charge in [0.05, 0.1) is 19.8 Å². The number of allylic oxidation sites excluding steroid dienone is 4. The van der Waals surface area contributed by atoms with Crippen molar-refractivity contribution in [1.82, 2.24) is 0 Å². The van der Waals surface area contributed by atoms with Gasteiger partial charge >= 0.3 is 19.8 Å². The SMILES string of the molecule is CCCCCCCCC/C=C/CCCCCCC(=O)OC[C@@H](COP(=O)(O)OC[C@H](O)CO)OC(=O)CCCC/C=C/CCCCCCCCC. The van der Waals surface area contributed by atoms with Crippen LogP contribution in [0.4, 0.5) is 0 Å². The summed E-state index contributed by atoms with van der Waals surface area (Å²) < 4.78 is 32.6. The molecule has 0 amide bonds. The van der Waals surface area contributed by atoms with E-state index in [9.17, 15) is 24.2 Å². The minimum absolute atomic E-state index is 0.153. The monoisotopic (exact) mass is 747 g/mol. The third-order valence-electron chi connectivity index (χ3n) is 8.58. The maximum absolute atomic E-state index is 12.5. The first kappa shape index (κ1) is 49.5. The first-order valence-corrected chi connectivity index (χ1v) is 21.8. The zero-order chi connectivity index (χ0) is 37.7. The average molecular weight is 747 g/mol. The normalized spacial score (nSPS) is 14.2. The number of aliphatic hydroxyl groups is 2. The number of rotatable bonds is 38. The van der Waals surface area contributed by atoms with Crippen molar-refractivity contribution in [2.75, 3.05) is 26.4 Å². The Morgan fingerprint density at radius 1 is 0.569 bits per heavy atom. The minimum atomic E-state index is -4.62. The fraction of sp³-hybridized carbons (Fsp3) is 0.850. The molecule has 0 aliphatic rings. The van der Waals surface area contributed by atoms with Crippen LogP contribution in [0.5, 0.6) is 0 Å². The second-order valence-corrected chi connectivity index (χ2v) is 15.1. The van der Waals surface area contributed by atoms with Gasteiger partial charge in [-0.3, -0.25) is 18.6 Å². The summed E-state index contributed by atoms with van der Waals surface area (Å²) >= 11 is 0. The summed E-state index contributed by atoms with van der Waals surface area (Å²) in [7, 11) is -4.62. The molecule has 3 N–H and O–H groups in total. The molecule has 0 aromatic carbocycles. The largest absolute Gasteiger partial charge is 0.472 e. The lowest BCUT2D eigenvalue weighted by molar-refractivity contribution is -0.161. The zero-order valence-corrected chi connectivity index (χ0v) is 33.2. The summed E-state index contributed by atoms with van der Waals surface area (Å²) in [5, 5.41) is 18.3. The van der Waals surface area contributed by atoms with Crippen molar-refractivity contribution < 1.29 is 47.8 Å². The number of phosphoric ester groups is 1. The van der Waals surface area contributed by atoms with Gasteiger partial charge in [-0.25, -0.2) is 4.57 Å². The van der Waals surface area contributed by atoms with E-state index in [0.717, 1.165) is 51.4 Å². The fourth-order valence-electron chi connectivity index (χ4n) is 5.39. The van der Waals surface area contributed by atoms with Crippen LogP contribution in [0.1, 0.15) is 181 Å². The number of carbonyl (C=O) groups excluding carboxylic acids is 2. The molecule has 51 heavy (non-hydrogen) atoms. The molecule has 10 nitrogen and oxygen atoms in total. The van der Waals surface area contributed by atoms with E-state index in [4.69, 9.17) is 19.1 Å². The van der Waals surface area contributed by atoms with Crippen LogP contribution in [-0.2, 0) is 32.7 Å². The molecule has 0 saturated heterocycles. The summed E-state index contributed by atoms with van der Waals surface area (Å²) in [5.74, 6) is -0.962. The molecule has 3 atom stereocenters. The van der Waals surface area contributed by atoms with Gasteiger partial charge in [0.1, 0.15) is 12.7 Å². The van der Waals surface area contributed by atoms with Gasteiger partial charge in [-0.15, -0.1) is 0 Å². The maximum atomic E-state index is 12.5. The molecule has 0 bridgehead atoms. The lowest BCUT2D eigenvalue weighted by Gasteiger charge is -2.20. The van der Waals surface area contributed by atoms with Crippen molar-refractivity contribution in [1.29, 1.82) is 0 Å². The van der Waals surface area contributed by atoms with Crippen LogP contribution in [0.3, 0.4) is 0 Å². The molecule has 0 spiro atoms. The van der Waals surface area contributed by atoms with Crippen LogP contribution in [0.2, 0.25) is 0 Å². The van der Waals surface area contributed by atoms with E-state index >= 15 is 0 Å². The molecule has 1 unspecified atom stereocenters. The van der Waals surface area contributed by atoms with Crippen molar-refractivity contribution in [2.45, 2.75) is 193 Å². The van der Waals surface area contributed by atoms with E-state index in [1.807, 2.05) is 0 Å². The van der Waals surface area contributed by atoms with Crippen LogP contribution < -0.4 is 0 Å². The third kappa shape index (κ3) is 36.6. The lowest BCUT2D eigenvalue weighted by Crippen LogP contribution is -2.29. The van der Waals surface area contributed by atoms with Crippen LogP contribution in [0.25, 0.3) is 0 Å². The first-order valence-electron chi connectivity index (χ1n) is 20.3. The van der Waals surface area contributed by atoms with Gasteiger partial charge in [0.25, 0.3) is 0 Å². The zero-order valence-electron chi connectivity index (χ0n) is 32.3. The molecule has 300 valence electrons. The Morgan fingerprint density at radius 3 is 1.45 bits per heavy atom. The molecule has 0 heterocycles. The third-order valence-corrected chi connectivity index (χ3v) is 9.53. The molecule has 0 fully saturated rings. The Morgan fingerprint density at radius 2 is 0.961 bits per heavy atom. The highest BCUT2D eigenvalue weighted by molar-refractivity contribution is 7.47. The number of esters is 2. The molecule has 0 aromatic rings. The predicted molar refractivity (Wildman–Crippen MR) is 205 cm³/mol. The minimum Gasteiger partial charge on any atom is -0.462 e. The van der Waals surface area contributed by atoms with Crippen LogP contribution in [-0.4, -0.2) is 65.7 Å². The summed E-state index contributed by atoms with van der Waals surface area (Å²) in [6.45, 7) is 2.33.